The van der Waals surface area contributed by atoms with Crippen LogP contribution >= 0.6 is 0 Å². The van der Waals surface area contributed by atoms with Crippen molar-refractivity contribution in [3.8, 4) is 11.5 Å². The molecule has 2 rings (SSSR count). The number of hydrogen-bond acceptors (Lipinski definition) is 3. The molecule has 0 saturated heterocycles. The van der Waals surface area contributed by atoms with Gasteiger partial charge < -0.3 is 14.8 Å². The number of rotatable bonds is 7. The lowest BCUT2D eigenvalue weighted by atomic mass is 10.0. The van der Waals surface area contributed by atoms with E-state index in [2.05, 4.69) is 5.32 Å². The van der Waals surface area contributed by atoms with Crippen LogP contribution in [0.15, 0.2) is 54.6 Å². The summed E-state index contributed by atoms with van der Waals surface area (Å²) >= 11 is 0. The Morgan fingerprint density at radius 3 is 2.43 bits per heavy atom. The lowest BCUT2D eigenvalue weighted by Gasteiger charge is -2.21. The standard InChI is InChI=1S/C19H23NO3/c1-4-18(15-9-6-5-7-10-15)20-19(21)14(2)23-17-12-8-11-16(13-17)22-3/h5-14,18H,4H2,1-3H3,(H,20,21)/t14-,18-/m0/s1. The number of hydrogen-bond donors (Lipinski definition) is 1. The molecule has 4 heteroatoms. The third kappa shape index (κ3) is 4.74. The lowest BCUT2D eigenvalue weighted by molar-refractivity contribution is -0.128. The van der Waals surface area contributed by atoms with Crippen molar-refractivity contribution in [1.82, 2.24) is 5.32 Å². The van der Waals surface area contributed by atoms with Crippen LogP contribution < -0.4 is 14.8 Å². The lowest BCUT2D eigenvalue weighted by Crippen LogP contribution is -2.38. The summed E-state index contributed by atoms with van der Waals surface area (Å²) in [6.07, 6.45) is 0.238. The molecule has 2 aromatic carbocycles. The predicted octanol–water partition coefficient (Wildman–Crippen LogP) is 3.73. The highest BCUT2D eigenvalue weighted by Crippen LogP contribution is 2.21. The van der Waals surface area contributed by atoms with Crippen molar-refractivity contribution in [3.05, 3.63) is 60.2 Å². The second kappa shape index (κ2) is 8.22. The van der Waals surface area contributed by atoms with Crippen LogP contribution in [-0.2, 0) is 4.79 Å². The monoisotopic (exact) mass is 313 g/mol. The number of nitrogens with one attached hydrogen (secondary N) is 1. The number of amides is 1. The minimum Gasteiger partial charge on any atom is -0.497 e. The summed E-state index contributed by atoms with van der Waals surface area (Å²) in [7, 11) is 1.60. The van der Waals surface area contributed by atoms with E-state index >= 15 is 0 Å². The summed E-state index contributed by atoms with van der Waals surface area (Å²) in [4.78, 5) is 12.4. The molecular weight excluding hydrogens is 290 g/mol. The van der Waals surface area contributed by atoms with Crippen molar-refractivity contribution in [2.45, 2.75) is 32.4 Å². The highest BCUT2D eigenvalue weighted by Gasteiger charge is 2.19. The van der Waals surface area contributed by atoms with E-state index in [0.717, 1.165) is 12.0 Å². The average molecular weight is 313 g/mol. The first-order valence-electron chi connectivity index (χ1n) is 7.80. The number of benzene rings is 2. The fourth-order valence-electron chi connectivity index (χ4n) is 2.33. The Bertz CT molecular complexity index is 628. The van der Waals surface area contributed by atoms with Gasteiger partial charge in [-0.2, -0.15) is 0 Å². The van der Waals surface area contributed by atoms with Gasteiger partial charge in [0.25, 0.3) is 5.91 Å². The Hall–Kier alpha value is -2.49. The molecule has 2 aromatic rings. The summed E-state index contributed by atoms with van der Waals surface area (Å²) in [6, 6.07) is 17.2. The van der Waals surface area contributed by atoms with Crippen molar-refractivity contribution >= 4 is 5.91 Å². The molecule has 0 heterocycles. The van der Waals surface area contributed by atoms with Gasteiger partial charge in [0.1, 0.15) is 11.5 Å². The largest absolute Gasteiger partial charge is 0.497 e. The zero-order chi connectivity index (χ0) is 16.7. The van der Waals surface area contributed by atoms with Gasteiger partial charge in [-0.3, -0.25) is 4.79 Å². The SMILES string of the molecule is CC[C@H](NC(=O)[C@H](C)Oc1cccc(OC)c1)c1ccccc1. The summed E-state index contributed by atoms with van der Waals surface area (Å²) < 4.78 is 10.9. The molecule has 1 N–H and O–H groups in total. The van der Waals surface area contributed by atoms with Crippen LogP contribution in [0.1, 0.15) is 31.9 Å². The highest BCUT2D eigenvalue weighted by atomic mass is 16.5. The Labute approximate surface area is 137 Å². The number of carbonyl (C=O) groups excluding carboxylic acids is 1. The van der Waals surface area contributed by atoms with Crippen molar-refractivity contribution in [3.63, 3.8) is 0 Å². The van der Waals surface area contributed by atoms with E-state index in [1.807, 2.05) is 49.4 Å². The van der Waals surface area contributed by atoms with Crippen molar-refractivity contribution < 1.29 is 14.3 Å². The summed E-state index contributed by atoms with van der Waals surface area (Å²) in [6.45, 7) is 3.79. The van der Waals surface area contributed by atoms with Gasteiger partial charge in [0.15, 0.2) is 6.10 Å². The molecule has 0 radical (unpaired) electrons. The molecule has 0 fully saturated rings. The third-order valence-corrected chi connectivity index (χ3v) is 3.65. The molecule has 0 aromatic heterocycles. The van der Waals surface area contributed by atoms with Crippen molar-refractivity contribution in [2.24, 2.45) is 0 Å². The molecule has 4 nitrogen and oxygen atoms in total. The van der Waals surface area contributed by atoms with Crippen LogP contribution in [0.5, 0.6) is 11.5 Å². The topological polar surface area (TPSA) is 47.6 Å². The van der Waals surface area contributed by atoms with Crippen molar-refractivity contribution in [2.75, 3.05) is 7.11 Å². The summed E-state index contributed by atoms with van der Waals surface area (Å²) in [5.41, 5.74) is 1.09. The molecule has 0 aliphatic rings. The van der Waals surface area contributed by atoms with Gasteiger partial charge >= 0.3 is 0 Å². The Kier molecular flexibility index (Phi) is 6.03. The van der Waals surface area contributed by atoms with E-state index in [1.54, 1.807) is 26.2 Å². The fraction of sp³-hybridized carbons (Fsp3) is 0.316. The normalized spacial score (nSPS) is 13.0. The van der Waals surface area contributed by atoms with Gasteiger partial charge in [0.2, 0.25) is 0 Å². The molecule has 23 heavy (non-hydrogen) atoms. The highest BCUT2D eigenvalue weighted by molar-refractivity contribution is 5.81. The van der Waals surface area contributed by atoms with Gasteiger partial charge in [-0.1, -0.05) is 43.3 Å². The molecular formula is C19H23NO3. The van der Waals surface area contributed by atoms with Gasteiger partial charge in [-0.05, 0) is 31.0 Å². The first-order chi connectivity index (χ1) is 11.1. The first-order valence-corrected chi connectivity index (χ1v) is 7.80. The smallest absolute Gasteiger partial charge is 0.261 e. The maximum absolute atomic E-state index is 12.4. The van der Waals surface area contributed by atoms with E-state index in [-0.39, 0.29) is 11.9 Å². The van der Waals surface area contributed by atoms with Crippen LogP contribution in [0.2, 0.25) is 0 Å². The van der Waals surface area contributed by atoms with Gasteiger partial charge in [0, 0.05) is 6.07 Å². The molecule has 0 spiro atoms. The quantitative estimate of drug-likeness (QED) is 0.847. The summed E-state index contributed by atoms with van der Waals surface area (Å²) in [5, 5.41) is 3.04. The number of methoxy groups -OCH3 is 1. The van der Waals surface area contributed by atoms with Gasteiger partial charge in [0.05, 0.1) is 13.2 Å². The number of ether oxygens (including phenoxy) is 2. The van der Waals surface area contributed by atoms with E-state index < -0.39 is 6.10 Å². The maximum atomic E-state index is 12.4. The molecule has 0 aliphatic carbocycles. The molecule has 122 valence electrons. The Morgan fingerprint density at radius 1 is 1.09 bits per heavy atom. The molecule has 2 atom stereocenters. The van der Waals surface area contributed by atoms with Crippen LogP contribution in [0.3, 0.4) is 0 Å². The Morgan fingerprint density at radius 2 is 1.78 bits per heavy atom. The zero-order valence-electron chi connectivity index (χ0n) is 13.8. The van der Waals surface area contributed by atoms with E-state index in [4.69, 9.17) is 9.47 Å². The minimum atomic E-state index is -0.583. The second-order valence-electron chi connectivity index (χ2n) is 5.32. The second-order valence-corrected chi connectivity index (χ2v) is 5.32. The molecule has 0 saturated carbocycles. The van der Waals surface area contributed by atoms with Gasteiger partial charge in [-0.15, -0.1) is 0 Å². The van der Waals surface area contributed by atoms with E-state index in [1.165, 1.54) is 0 Å². The molecule has 0 aliphatic heterocycles. The predicted molar refractivity (Wildman–Crippen MR) is 90.7 cm³/mol. The first kappa shape index (κ1) is 16.9. The van der Waals surface area contributed by atoms with E-state index in [9.17, 15) is 4.79 Å². The van der Waals surface area contributed by atoms with E-state index in [0.29, 0.717) is 11.5 Å². The molecule has 0 unspecified atom stereocenters. The van der Waals surface area contributed by atoms with Crippen LogP contribution in [0.4, 0.5) is 0 Å². The molecule has 1 amide bonds. The zero-order valence-corrected chi connectivity index (χ0v) is 13.8. The van der Waals surface area contributed by atoms with Crippen LogP contribution in [-0.4, -0.2) is 19.1 Å². The Balaban J connectivity index is 1.98. The third-order valence-electron chi connectivity index (χ3n) is 3.65. The van der Waals surface area contributed by atoms with Crippen LogP contribution in [0, 0.1) is 0 Å². The average Bonchev–Trinajstić information content (AvgIpc) is 2.60. The number of carbonyl (C=O) groups is 1. The fourth-order valence-corrected chi connectivity index (χ4v) is 2.33. The van der Waals surface area contributed by atoms with Crippen molar-refractivity contribution in [1.29, 1.82) is 0 Å². The minimum absolute atomic E-state index is 0.0138. The maximum Gasteiger partial charge on any atom is 0.261 e. The summed E-state index contributed by atoms with van der Waals surface area (Å²) in [5.74, 6) is 1.18. The van der Waals surface area contributed by atoms with Gasteiger partial charge in [-0.25, -0.2) is 0 Å². The van der Waals surface area contributed by atoms with Crippen LogP contribution in [0.25, 0.3) is 0 Å². The molecule has 0 bridgehead atoms.